The molecule has 23 heavy (non-hydrogen) atoms. The number of H-pyrrole nitrogens is 1. The molecule has 1 aromatic heterocycles. The third-order valence-corrected chi connectivity index (χ3v) is 3.73. The molecule has 6 nitrogen and oxygen atoms in total. The van der Waals surface area contributed by atoms with Gasteiger partial charge < -0.3 is 15.0 Å². The fourth-order valence-corrected chi connectivity index (χ4v) is 2.54. The number of benzene rings is 2. The molecular formula is C17H17N3O3. The zero-order valence-electron chi connectivity index (χ0n) is 12.9. The number of nitrogens with one attached hydrogen (secondary N) is 2. The maximum absolute atomic E-state index is 12.2. The first-order chi connectivity index (χ1) is 11.1. The summed E-state index contributed by atoms with van der Waals surface area (Å²) in [7, 11) is 3.28. The highest BCUT2D eigenvalue weighted by Crippen LogP contribution is 2.19. The zero-order chi connectivity index (χ0) is 16.4. The third kappa shape index (κ3) is 2.96. The quantitative estimate of drug-likeness (QED) is 0.774. The number of imidazole rings is 1. The summed E-state index contributed by atoms with van der Waals surface area (Å²) in [5.41, 5.74) is 2.75. The molecule has 0 saturated carbocycles. The molecule has 0 aliphatic heterocycles. The first-order valence-corrected chi connectivity index (χ1v) is 7.19. The van der Waals surface area contributed by atoms with Gasteiger partial charge in [0.15, 0.2) is 0 Å². The van der Waals surface area contributed by atoms with Gasteiger partial charge in [0.25, 0.3) is 0 Å². The van der Waals surface area contributed by atoms with Gasteiger partial charge in [-0.15, -0.1) is 0 Å². The number of hydrogen-bond donors (Lipinski definition) is 2. The third-order valence-electron chi connectivity index (χ3n) is 3.73. The van der Waals surface area contributed by atoms with E-state index in [1.807, 2.05) is 24.3 Å². The number of hydrogen-bond acceptors (Lipinski definition) is 3. The van der Waals surface area contributed by atoms with Crippen molar-refractivity contribution in [2.75, 3.05) is 12.4 Å². The van der Waals surface area contributed by atoms with E-state index >= 15 is 0 Å². The molecule has 2 aromatic carbocycles. The highest BCUT2D eigenvalue weighted by atomic mass is 16.5. The smallest absolute Gasteiger partial charge is 0.326 e. The second-order valence-electron chi connectivity index (χ2n) is 5.26. The van der Waals surface area contributed by atoms with Gasteiger partial charge >= 0.3 is 5.69 Å². The van der Waals surface area contributed by atoms with E-state index in [-0.39, 0.29) is 18.0 Å². The van der Waals surface area contributed by atoms with E-state index < -0.39 is 0 Å². The number of aryl methyl sites for hydroxylation is 1. The van der Waals surface area contributed by atoms with E-state index in [1.54, 1.807) is 32.4 Å². The highest BCUT2D eigenvalue weighted by Gasteiger charge is 2.10. The van der Waals surface area contributed by atoms with Crippen LogP contribution in [0.4, 0.5) is 5.69 Å². The monoisotopic (exact) mass is 311 g/mol. The van der Waals surface area contributed by atoms with Crippen LogP contribution in [0.25, 0.3) is 11.0 Å². The van der Waals surface area contributed by atoms with E-state index in [1.165, 1.54) is 4.57 Å². The SMILES string of the molecule is COc1ccccc1CC(=O)Nc1ccc2c(c1)[nH]c(=O)n2C. The molecule has 118 valence electrons. The van der Waals surface area contributed by atoms with Crippen LogP contribution in [-0.4, -0.2) is 22.6 Å². The molecular weight excluding hydrogens is 294 g/mol. The molecule has 2 N–H and O–H groups in total. The minimum atomic E-state index is -0.183. The molecule has 1 amide bonds. The van der Waals surface area contributed by atoms with Crippen LogP contribution in [-0.2, 0) is 18.3 Å². The number of carbonyl (C=O) groups excluding carboxylic acids is 1. The van der Waals surface area contributed by atoms with E-state index in [0.717, 1.165) is 11.1 Å². The summed E-state index contributed by atoms with van der Waals surface area (Å²) >= 11 is 0. The lowest BCUT2D eigenvalue weighted by Gasteiger charge is -2.09. The Labute approximate surface area is 132 Å². The van der Waals surface area contributed by atoms with Crippen molar-refractivity contribution in [3.8, 4) is 5.75 Å². The molecule has 0 radical (unpaired) electrons. The van der Waals surface area contributed by atoms with Gasteiger partial charge in [0.05, 0.1) is 24.6 Å². The largest absolute Gasteiger partial charge is 0.496 e. The van der Waals surface area contributed by atoms with E-state index in [9.17, 15) is 9.59 Å². The second kappa shape index (κ2) is 6.00. The number of aromatic amines is 1. The molecule has 3 aromatic rings. The molecule has 0 unspecified atom stereocenters. The number of nitrogens with zero attached hydrogens (tertiary/aromatic N) is 1. The number of para-hydroxylation sites is 1. The number of methoxy groups -OCH3 is 1. The molecule has 0 fully saturated rings. The lowest BCUT2D eigenvalue weighted by Crippen LogP contribution is -2.14. The van der Waals surface area contributed by atoms with E-state index in [2.05, 4.69) is 10.3 Å². The van der Waals surface area contributed by atoms with Crippen LogP contribution < -0.4 is 15.7 Å². The normalized spacial score (nSPS) is 10.7. The molecule has 0 bridgehead atoms. The highest BCUT2D eigenvalue weighted by molar-refractivity contribution is 5.94. The molecule has 6 heteroatoms. The maximum Gasteiger partial charge on any atom is 0.326 e. The van der Waals surface area contributed by atoms with Crippen molar-refractivity contribution in [1.82, 2.24) is 9.55 Å². The number of carbonyl (C=O) groups is 1. The maximum atomic E-state index is 12.2. The average molecular weight is 311 g/mol. The number of aromatic nitrogens is 2. The lowest BCUT2D eigenvalue weighted by atomic mass is 10.1. The van der Waals surface area contributed by atoms with Gasteiger partial charge in [-0.1, -0.05) is 18.2 Å². The van der Waals surface area contributed by atoms with Crippen molar-refractivity contribution in [3.05, 3.63) is 58.5 Å². The van der Waals surface area contributed by atoms with Crippen LogP contribution >= 0.6 is 0 Å². The standard InChI is InChI=1S/C17H17N3O3/c1-20-14-8-7-12(10-13(14)19-17(20)22)18-16(21)9-11-5-3-4-6-15(11)23-2/h3-8,10H,9H2,1-2H3,(H,18,21)(H,19,22). The molecule has 0 aliphatic carbocycles. The minimum Gasteiger partial charge on any atom is -0.496 e. The lowest BCUT2D eigenvalue weighted by molar-refractivity contribution is -0.115. The Kier molecular flexibility index (Phi) is 3.89. The minimum absolute atomic E-state index is 0.146. The van der Waals surface area contributed by atoms with Crippen molar-refractivity contribution in [1.29, 1.82) is 0 Å². The number of amides is 1. The summed E-state index contributed by atoms with van der Waals surface area (Å²) in [6.07, 6.45) is 0.216. The van der Waals surface area contributed by atoms with Gasteiger partial charge in [0.1, 0.15) is 5.75 Å². The van der Waals surface area contributed by atoms with Crippen LogP contribution in [0.5, 0.6) is 5.75 Å². The van der Waals surface area contributed by atoms with Gasteiger partial charge in [-0.3, -0.25) is 9.36 Å². The molecule has 3 rings (SSSR count). The molecule has 0 atom stereocenters. The van der Waals surface area contributed by atoms with Crippen molar-refractivity contribution in [2.45, 2.75) is 6.42 Å². The number of anilines is 1. The topological polar surface area (TPSA) is 76.1 Å². The van der Waals surface area contributed by atoms with Crippen LogP contribution in [0.1, 0.15) is 5.56 Å². The van der Waals surface area contributed by atoms with Gasteiger partial charge in [0.2, 0.25) is 5.91 Å². The Morgan fingerprint density at radius 3 is 2.83 bits per heavy atom. The zero-order valence-corrected chi connectivity index (χ0v) is 12.9. The van der Waals surface area contributed by atoms with Crippen molar-refractivity contribution >= 4 is 22.6 Å². The fourth-order valence-electron chi connectivity index (χ4n) is 2.54. The molecule has 0 aliphatic rings. The predicted octanol–water partition coefficient (Wildman–Crippen LogP) is 2.06. The molecule has 1 heterocycles. The predicted molar refractivity (Wildman–Crippen MR) is 88.9 cm³/mol. The Morgan fingerprint density at radius 2 is 2.04 bits per heavy atom. The van der Waals surface area contributed by atoms with Gasteiger partial charge in [-0.05, 0) is 24.3 Å². The summed E-state index contributed by atoms with van der Waals surface area (Å²) < 4.78 is 6.77. The van der Waals surface area contributed by atoms with Gasteiger partial charge in [0, 0.05) is 18.3 Å². The Morgan fingerprint density at radius 1 is 1.26 bits per heavy atom. The number of fused-ring (bicyclic) bond motifs is 1. The van der Waals surface area contributed by atoms with E-state index in [0.29, 0.717) is 17.0 Å². The van der Waals surface area contributed by atoms with Crippen molar-refractivity contribution in [3.63, 3.8) is 0 Å². The Bertz CT molecular complexity index is 924. The Hall–Kier alpha value is -3.02. The fraction of sp³-hybridized carbons (Fsp3) is 0.176. The van der Waals surface area contributed by atoms with Crippen LogP contribution in [0.2, 0.25) is 0 Å². The van der Waals surface area contributed by atoms with E-state index in [4.69, 9.17) is 4.74 Å². The first-order valence-electron chi connectivity index (χ1n) is 7.19. The second-order valence-corrected chi connectivity index (χ2v) is 5.26. The van der Waals surface area contributed by atoms with Crippen LogP contribution in [0.15, 0.2) is 47.3 Å². The summed E-state index contributed by atoms with van der Waals surface area (Å²) in [6.45, 7) is 0. The summed E-state index contributed by atoms with van der Waals surface area (Å²) in [5.74, 6) is 0.539. The van der Waals surface area contributed by atoms with Crippen LogP contribution in [0.3, 0.4) is 0 Å². The van der Waals surface area contributed by atoms with Gasteiger partial charge in [-0.25, -0.2) is 4.79 Å². The van der Waals surface area contributed by atoms with Gasteiger partial charge in [-0.2, -0.15) is 0 Å². The summed E-state index contributed by atoms with van der Waals surface area (Å²) in [5, 5.41) is 2.84. The Balaban J connectivity index is 1.79. The summed E-state index contributed by atoms with van der Waals surface area (Å²) in [4.78, 5) is 26.5. The summed E-state index contributed by atoms with van der Waals surface area (Å²) in [6, 6.07) is 12.7. The molecule has 0 spiro atoms. The molecule has 0 saturated heterocycles. The number of rotatable bonds is 4. The average Bonchev–Trinajstić information content (AvgIpc) is 2.82. The first kappa shape index (κ1) is 14.9. The van der Waals surface area contributed by atoms with Crippen molar-refractivity contribution < 1.29 is 9.53 Å². The number of ether oxygens (including phenoxy) is 1. The van der Waals surface area contributed by atoms with Crippen LogP contribution in [0, 0.1) is 0 Å². The van der Waals surface area contributed by atoms with Crippen molar-refractivity contribution in [2.24, 2.45) is 7.05 Å².